The van der Waals surface area contributed by atoms with Crippen molar-refractivity contribution in [2.75, 3.05) is 13.6 Å². The summed E-state index contributed by atoms with van der Waals surface area (Å²) in [6.07, 6.45) is 10.8. The first-order valence-corrected chi connectivity index (χ1v) is 8.05. The van der Waals surface area contributed by atoms with Crippen LogP contribution in [0.1, 0.15) is 50.6 Å². The van der Waals surface area contributed by atoms with Crippen LogP contribution in [0.25, 0.3) is 0 Å². The molecule has 1 heterocycles. The molecular formula is C15H27N5O. The number of nitrogens with two attached hydrogens (primary N) is 1. The number of rotatable bonds is 7. The number of carbonyl (C=O) groups excluding carboxylic acids is 1. The lowest BCUT2D eigenvalue weighted by Gasteiger charge is -2.31. The number of likely N-dealkylation sites (N-methyl/N-ethyl adjacent to an activating group) is 1. The quantitative estimate of drug-likeness (QED) is 0.770. The van der Waals surface area contributed by atoms with Crippen LogP contribution in [-0.4, -0.2) is 45.4 Å². The summed E-state index contributed by atoms with van der Waals surface area (Å²) in [6, 6.07) is 0.402. The van der Waals surface area contributed by atoms with Crippen LogP contribution in [0.3, 0.4) is 0 Å². The summed E-state index contributed by atoms with van der Waals surface area (Å²) in [6.45, 7) is 0.996. The minimum Gasteiger partial charge on any atom is -0.341 e. The van der Waals surface area contributed by atoms with Gasteiger partial charge in [-0.3, -0.25) is 4.79 Å². The summed E-state index contributed by atoms with van der Waals surface area (Å²) in [5.74, 6) is 0.125. The molecule has 2 rings (SSSR count). The zero-order chi connectivity index (χ0) is 15.1. The fourth-order valence-electron chi connectivity index (χ4n) is 2.90. The van der Waals surface area contributed by atoms with E-state index in [-0.39, 0.29) is 12.5 Å². The molecule has 2 N–H and O–H groups in total. The van der Waals surface area contributed by atoms with Gasteiger partial charge in [-0.25, -0.2) is 4.68 Å². The number of hydrogen-bond acceptors (Lipinski definition) is 4. The third-order valence-electron chi connectivity index (χ3n) is 4.29. The van der Waals surface area contributed by atoms with Crippen molar-refractivity contribution < 1.29 is 4.79 Å². The molecule has 0 saturated heterocycles. The Morgan fingerprint density at radius 1 is 1.38 bits per heavy atom. The molecule has 1 aromatic heterocycles. The smallest absolute Gasteiger partial charge is 0.244 e. The molecule has 0 unspecified atom stereocenters. The number of aryl methyl sites for hydroxylation is 1. The zero-order valence-electron chi connectivity index (χ0n) is 13.0. The monoisotopic (exact) mass is 293 g/mol. The molecule has 1 aliphatic carbocycles. The topological polar surface area (TPSA) is 77.0 Å². The summed E-state index contributed by atoms with van der Waals surface area (Å²) in [5, 5.41) is 8.16. The average molecular weight is 293 g/mol. The Bertz CT molecular complexity index is 439. The molecule has 21 heavy (non-hydrogen) atoms. The summed E-state index contributed by atoms with van der Waals surface area (Å²) in [4.78, 5) is 14.2. The summed E-state index contributed by atoms with van der Waals surface area (Å²) in [5.41, 5.74) is 6.42. The largest absolute Gasteiger partial charge is 0.341 e. The van der Waals surface area contributed by atoms with Crippen LogP contribution in [0.5, 0.6) is 0 Å². The minimum atomic E-state index is 0.125. The van der Waals surface area contributed by atoms with Gasteiger partial charge in [-0.15, -0.1) is 5.10 Å². The number of amides is 1. The van der Waals surface area contributed by atoms with E-state index in [1.165, 1.54) is 19.3 Å². The Labute approximate surface area is 126 Å². The van der Waals surface area contributed by atoms with Crippen LogP contribution in [0.2, 0.25) is 0 Å². The normalized spacial score (nSPS) is 16.1. The van der Waals surface area contributed by atoms with Gasteiger partial charge in [-0.1, -0.05) is 24.5 Å². The first-order valence-electron chi connectivity index (χ1n) is 8.05. The molecule has 118 valence electrons. The highest BCUT2D eigenvalue weighted by molar-refractivity contribution is 5.75. The van der Waals surface area contributed by atoms with Crippen LogP contribution in [0.4, 0.5) is 0 Å². The molecule has 0 aliphatic heterocycles. The predicted octanol–water partition coefficient (Wildman–Crippen LogP) is 1.35. The van der Waals surface area contributed by atoms with Crippen LogP contribution < -0.4 is 5.73 Å². The van der Waals surface area contributed by atoms with Crippen molar-refractivity contribution in [1.82, 2.24) is 19.9 Å². The summed E-state index contributed by atoms with van der Waals surface area (Å²) >= 11 is 0. The van der Waals surface area contributed by atoms with Crippen molar-refractivity contribution in [2.24, 2.45) is 5.73 Å². The maximum absolute atomic E-state index is 12.3. The second-order valence-corrected chi connectivity index (χ2v) is 5.95. The van der Waals surface area contributed by atoms with E-state index in [0.29, 0.717) is 12.6 Å². The van der Waals surface area contributed by atoms with Crippen molar-refractivity contribution in [1.29, 1.82) is 0 Å². The van der Waals surface area contributed by atoms with Gasteiger partial charge < -0.3 is 10.6 Å². The Morgan fingerprint density at radius 2 is 2.14 bits per heavy atom. The lowest BCUT2D eigenvalue weighted by atomic mass is 9.94. The van der Waals surface area contributed by atoms with Crippen LogP contribution in [0, 0.1) is 0 Å². The number of carbonyl (C=O) groups is 1. The Hall–Kier alpha value is -1.43. The van der Waals surface area contributed by atoms with Gasteiger partial charge in [0.2, 0.25) is 5.91 Å². The number of nitrogens with zero attached hydrogens (tertiary/aromatic N) is 4. The van der Waals surface area contributed by atoms with Crippen molar-refractivity contribution in [3.8, 4) is 0 Å². The summed E-state index contributed by atoms with van der Waals surface area (Å²) < 4.78 is 1.65. The van der Waals surface area contributed by atoms with Gasteiger partial charge in [-0.2, -0.15) is 0 Å². The maximum atomic E-state index is 12.3. The van der Waals surface area contributed by atoms with E-state index < -0.39 is 0 Å². The van der Waals surface area contributed by atoms with E-state index in [1.807, 2.05) is 18.1 Å². The first-order chi connectivity index (χ1) is 10.2. The molecule has 1 aliphatic rings. The molecule has 0 aromatic carbocycles. The Kier molecular flexibility index (Phi) is 6.17. The number of hydrogen-bond donors (Lipinski definition) is 1. The SMILES string of the molecule is CN(C(=O)Cn1cc(CCCCN)nn1)C1CCCCC1. The number of unbranched alkanes of at least 4 members (excludes halogenated alkanes) is 1. The molecule has 0 radical (unpaired) electrons. The highest BCUT2D eigenvalue weighted by atomic mass is 16.2. The fraction of sp³-hybridized carbons (Fsp3) is 0.800. The van der Waals surface area contributed by atoms with Crippen LogP contribution >= 0.6 is 0 Å². The first kappa shape index (κ1) is 15.9. The molecule has 0 spiro atoms. The van der Waals surface area contributed by atoms with E-state index in [2.05, 4.69) is 10.3 Å². The molecule has 6 heteroatoms. The van der Waals surface area contributed by atoms with Gasteiger partial charge in [0.1, 0.15) is 6.54 Å². The van der Waals surface area contributed by atoms with E-state index >= 15 is 0 Å². The van der Waals surface area contributed by atoms with E-state index in [1.54, 1.807) is 4.68 Å². The van der Waals surface area contributed by atoms with Crippen LogP contribution in [-0.2, 0) is 17.8 Å². The predicted molar refractivity (Wildman–Crippen MR) is 81.7 cm³/mol. The van der Waals surface area contributed by atoms with Crippen molar-refractivity contribution in [2.45, 2.75) is 64.0 Å². The van der Waals surface area contributed by atoms with Crippen LogP contribution in [0.15, 0.2) is 6.20 Å². The number of aromatic nitrogens is 3. The molecule has 6 nitrogen and oxygen atoms in total. The van der Waals surface area contributed by atoms with E-state index in [0.717, 1.165) is 37.8 Å². The fourth-order valence-corrected chi connectivity index (χ4v) is 2.90. The van der Waals surface area contributed by atoms with Gasteiger partial charge in [0.05, 0.1) is 5.69 Å². The average Bonchev–Trinajstić information content (AvgIpc) is 2.95. The molecule has 1 saturated carbocycles. The van der Waals surface area contributed by atoms with Gasteiger partial charge in [-0.05, 0) is 38.6 Å². The third kappa shape index (κ3) is 4.81. The van der Waals surface area contributed by atoms with Crippen molar-refractivity contribution in [3.05, 3.63) is 11.9 Å². The van der Waals surface area contributed by atoms with Crippen molar-refractivity contribution in [3.63, 3.8) is 0 Å². The molecule has 1 fully saturated rings. The maximum Gasteiger partial charge on any atom is 0.244 e. The van der Waals surface area contributed by atoms with Crippen molar-refractivity contribution >= 4 is 5.91 Å². The highest BCUT2D eigenvalue weighted by Gasteiger charge is 2.22. The molecule has 1 amide bonds. The van der Waals surface area contributed by atoms with E-state index in [9.17, 15) is 4.79 Å². The Balaban J connectivity index is 1.81. The van der Waals surface area contributed by atoms with E-state index in [4.69, 9.17) is 5.73 Å². The standard InChI is InChI=1S/C15H27N5O/c1-19(14-8-3-2-4-9-14)15(21)12-20-11-13(17-18-20)7-5-6-10-16/h11,14H,2-10,12,16H2,1H3. The molecule has 1 aromatic rings. The van der Waals surface area contributed by atoms with Gasteiger partial charge >= 0.3 is 0 Å². The molecule has 0 bridgehead atoms. The highest BCUT2D eigenvalue weighted by Crippen LogP contribution is 2.21. The third-order valence-corrected chi connectivity index (χ3v) is 4.29. The second-order valence-electron chi connectivity index (χ2n) is 5.95. The van der Waals surface area contributed by atoms with Gasteiger partial charge in [0.25, 0.3) is 0 Å². The molecule has 0 atom stereocenters. The van der Waals surface area contributed by atoms with Gasteiger partial charge in [0.15, 0.2) is 0 Å². The molecular weight excluding hydrogens is 266 g/mol. The van der Waals surface area contributed by atoms with Gasteiger partial charge in [0, 0.05) is 19.3 Å². The summed E-state index contributed by atoms with van der Waals surface area (Å²) in [7, 11) is 1.91. The lowest BCUT2D eigenvalue weighted by Crippen LogP contribution is -2.40. The second kappa shape index (κ2) is 8.12. The zero-order valence-corrected chi connectivity index (χ0v) is 13.0. The Morgan fingerprint density at radius 3 is 2.86 bits per heavy atom. The minimum absolute atomic E-state index is 0.125. The lowest BCUT2D eigenvalue weighted by molar-refractivity contribution is -0.133.